The van der Waals surface area contributed by atoms with E-state index in [0.29, 0.717) is 38.8 Å². The van der Waals surface area contributed by atoms with E-state index in [2.05, 4.69) is 120 Å². The first-order chi connectivity index (χ1) is 33.1. The van der Waals surface area contributed by atoms with Crippen LogP contribution in [-0.4, -0.2) is 96.9 Å². The SMILES string of the molecule is CCC[C@@H](C/C=C\C/C=C\CCCC(=O)O)N(CCOC(=O)CCC/C=C\C/C=C\C[C@H](CCC)N(CCO[Si](c1ccccc1)(c1ccccc1)C(C)(C)C)C(=O)OC(C)(C)C)C(=O)OC(C)(C)C. The molecule has 0 aliphatic rings. The van der Waals surface area contributed by atoms with Crippen molar-refractivity contribution in [3.63, 3.8) is 0 Å². The minimum absolute atomic E-state index is 0.0674. The highest BCUT2D eigenvalue weighted by molar-refractivity contribution is 6.99. The molecule has 2 rings (SSSR count). The van der Waals surface area contributed by atoms with Gasteiger partial charge in [0.1, 0.15) is 17.8 Å². The number of ether oxygens (including phenoxy) is 3. The normalized spacial score (nSPS) is 13.5. The maximum atomic E-state index is 13.9. The van der Waals surface area contributed by atoms with Crippen molar-refractivity contribution in [1.82, 2.24) is 9.80 Å². The molecule has 0 bridgehead atoms. The second kappa shape index (κ2) is 32.1. The monoisotopic (exact) mass is 987 g/mol. The number of benzene rings is 2. The van der Waals surface area contributed by atoms with Crippen LogP contribution in [0.1, 0.15) is 166 Å². The van der Waals surface area contributed by atoms with E-state index in [0.717, 1.165) is 51.4 Å². The lowest BCUT2D eigenvalue weighted by Crippen LogP contribution is -2.67. The smallest absolute Gasteiger partial charge is 0.410 e. The number of hydrogen-bond donors (Lipinski definition) is 1. The Hall–Kier alpha value is -4.94. The molecule has 0 saturated heterocycles. The summed E-state index contributed by atoms with van der Waals surface area (Å²) in [6.45, 7) is 23.3. The van der Waals surface area contributed by atoms with E-state index in [1.807, 2.05) is 70.7 Å². The van der Waals surface area contributed by atoms with E-state index in [4.69, 9.17) is 23.7 Å². The van der Waals surface area contributed by atoms with Crippen molar-refractivity contribution in [2.45, 2.75) is 194 Å². The van der Waals surface area contributed by atoms with Crippen LogP contribution in [0.2, 0.25) is 5.04 Å². The molecule has 0 fully saturated rings. The number of carbonyl (C=O) groups excluding carboxylic acids is 3. The fraction of sp³-hybridized carbons (Fsp3) is 0.586. The summed E-state index contributed by atoms with van der Waals surface area (Å²) in [5, 5.41) is 11.0. The van der Waals surface area contributed by atoms with Crippen LogP contribution in [0.25, 0.3) is 0 Å². The number of allylic oxidation sites excluding steroid dienone is 6. The van der Waals surface area contributed by atoms with Gasteiger partial charge in [0.25, 0.3) is 8.32 Å². The third kappa shape index (κ3) is 23.8. The summed E-state index contributed by atoms with van der Waals surface area (Å²) in [6.07, 6.45) is 25.1. The number of nitrogens with zero attached hydrogens (tertiary/aromatic N) is 2. The maximum Gasteiger partial charge on any atom is 0.410 e. The zero-order valence-electron chi connectivity index (χ0n) is 44.9. The summed E-state index contributed by atoms with van der Waals surface area (Å²) < 4.78 is 24.6. The zero-order valence-corrected chi connectivity index (χ0v) is 45.9. The molecular weight excluding hydrogens is 897 g/mol. The predicted octanol–water partition coefficient (Wildman–Crippen LogP) is 13.1. The Balaban J connectivity index is 1.99. The summed E-state index contributed by atoms with van der Waals surface area (Å²) >= 11 is 0. The second-order valence-corrected chi connectivity index (χ2v) is 25.3. The average Bonchev–Trinajstić information content (AvgIpc) is 3.27. The van der Waals surface area contributed by atoms with Gasteiger partial charge in [-0.05, 0) is 121 Å². The molecule has 0 saturated carbocycles. The Morgan fingerprint density at radius 2 is 1.00 bits per heavy atom. The lowest BCUT2D eigenvalue weighted by Gasteiger charge is -2.43. The molecule has 2 aromatic carbocycles. The Morgan fingerprint density at radius 1 is 0.586 bits per heavy atom. The number of carboxylic acids is 1. The molecule has 0 aliphatic heterocycles. The van der Waals surface area contributed by atoms with Gasteiger partial charge in [0, 0.05) is 31.5 Å². The topological polar surface area (TPSA) is 132 Å². The molecular formula is C58H90N2O9Si. The molecule has 0 aromatic heterocycles. The molecule has 0 spiro atoms. The third-order valence-corrected chi connectivity index (χ3v) is 16.6. The van der Waals surface area contributed by atoms with Crippen molar-refractivity contribution in [2.24, 2.45) is 0 Å². The summed E-state index contributed by atoms with van der Waals surface area (Å²) in [6, 6.07) is 20.9. The predicted molar refractivity (Wildman–Crippen MR) is 288 cm³/mol. The molecule has 2 atom stereocenters. The van der Waals surface area contributed by atoms with Crippen LogP contribution in [0.4, 0.5) is 9.59 Å². The van der Waals surface area contributed by atoms with E-state index in [-0.39, 0.29) is 55.2 Å². The first-order valence-corrected chi connectivity index (χ1v) is 27.8. The largest absolute Gasteiger partial charge is 0.481 e. The number of carboxylic acid groups (broad SMARTS) is 1. The van der Waals surface area contributed by atoms with Crippen molar-refractivity contribution < 1.29 is 42.9 Å². The molecule has 0 unspecified atom stereocenters. The first-order valence-electron chi connectivity index (χ1n) is 25.9. The Morgan fingerprint density at radius 3 is 1.40 bits per heavy atom. The zero-order chi connectivity index (χ0) is 52.1. The van der Waals surface area contributed by atoms with Crippen LogP contribution in [-0.2, 0) is 28.2 Å². The number of esters is 1. The average molecular weight is 987 g/mol. The van der Waals surface area contributed by atoms with Gasteiger partial charge in [-0.15, -0.1) is 0 Å². The lowest BCUT2D eigenvalue weighted by molar-refractivity contribution is -0.144. The van der Waals surface area contributed by atoms with Crippen LogP contribution >= 0.6 is 0 Å². The molecule has 0 aliphatic carbocycles. The minimum atomic E-state index is -2.80. The van der Waals surface area contributed by atoms with Crippen LogP contribution in [0, 0.1) is 0 Å². The van der Waals surface area contributed by atoms with Gasteiger partial charge in [-0.2, -0.15) is 0 Å². The van der Waals surface area contributed by atoms with Crippen LogP contribution in [0.15, 0.2) is 109 Å². The van der Waals surface area contributed by atoms with Gasteiger partial charge >= 0.3 is 24.1 Å². The maximum absolute atomic E-state index is 13.9. The number of hydrogen-bond acceptors (Lipinski definition) is 8. The Bertz CT molecular complexity index is 1890. The molecule has 2 amide bonds. The number of amides is 2. The molecule has 70 heavy (non-hydrogen) atoms. The molecule has 11 nitrogen and oxygen atoms in total. The summed E-state index contributed by atoms with van der Waals surface area (Å²) in [5.74, 6) is -1.08. The molecule has 390 valence electrons. The van der Waals surface area contributed by atoms with E-state index in [1.54, 1.807) is 4.90 Å². The summed E-state index contributed by atoms with van der Waals surface area (Å²) in [4.78, 5) is 54.3. The molecule has 1 N–H and O–H groups in total. The standard InChI is InChI=1S/C58H90N2O9Si/c1-12-34-48(36-26-20-16-14-18-22-32-42-52(61)62)59(54(64)68-56(3,4)5)44-46-66-53(63)43-33-23-19-15-17-21-27-37-49(35-13-2)60(55(65)69-57(6,7)8)45-47-67-70(58(9,10)11,50-38-28-24-29-39-50)51-40-30-25-31-41-51/h14-15,18-21,24-31,38-41,48-49H,12-13,16-17,22-23,32-37,42-47H2,1-11H3,(H,61,62)/b18-14-,19-15-,26-20-,27-21-/t48-,49-/m0/s1. The first kappa shape index (κ1) is 61.2. The molecule has 0 heterocycles. The highest BCUT2D eigenvalue weighted by atomic mass is 28.4. The second-order valence-electron chi connectivity index (χ2n) is 21.0. The van der Waals surface area contributed by atoms with Gasteiger partial charge in [-0.1, -0.05) is 157 Å². The minimum Gasteiger partial charge on any atom is -0.481 e. The van der Waals surface area contributed by atoms with Gasteiger partial charge in [0.2, 0.25) is 0 Å². The summed E-state index contributed by atoms with van der Waals surface area (Å²) in [7, 11) is -2.80. The van der Waals surface area contributed by atoms with E-state index in [1.165, 1.54) is 10.4 Å². The van der Waals surface area contributed by atoms with Crippen molar-refractivity contribution in [3.05, 3.63) is 109 Å². The van der Waals surface area contributed by atoms with E-state index < -0.39 is 31.6 Å². The third-order valence-electron chi connectivity index (χ3n) is 11.6. The fourth-order valence-corrected chi connectivity index (χ4v) is 12.9. The highest BCUT2D eigenvalue weighted by Gasteiger charge is 2.50. The number of unbranched alkanes of at least 4 members (excludes halogenated alkanes) is 2. The van der Waals surface area contributed by atoms with Crippen molar-refractivity contribution >= 4 is 42.8 Å². The van der Waals surface area contributed by atoms with Crippen molar-refractivity contribution in [1.29, 1.82) is 0 Å². The van der Waals surface area contributed by atoms with E-state index >= 15 is 0 Å². The quantitative estimate of drug-likeness (QED) is 0.0258. The van der Waals surface area contributed by atoms with Gasteiger partial charge < -0.3 is 33.5 Å². The summed E-state index contributed by atoms with van der Waals surface area (Å²) in [5.41, 5.74) is -1.31. The van der Waals surface area contributed by atoms with Crippen molar-refractivity contribution in [2.75, 3.05) is 26.3 Å². The Kier molecular flexibility index (Phi) is 28.1. The molecule has 0 radical (unpaired) electrons. The fourth-order valence-electron chi connectivity index (χ4n) is 8.36. The number of carbonyl (C=O) groups is 4. The number of rotatable bonds is 31. The van der Waals surface area contributed by atoms with Crippen molar-refractivity contribution in [3.8, 4) is 0 Å². The molecule has 2 aromatic rings. The van der Waals surface area contributed by atoms with Gasteiger partial charge in [0.15, 0.2) is 0 Å². The number of aliphatic carboxylic acids is 1. The van der Waals surface area contributed by atoms with Gasteiger partial charge in [-0.3, -0.25) is 9.59 Å². The Labute approximate surface area is 423 Å². The molecule has 12 heteroatoms. The van der Waals surface area contributed by atoms with Crippen LogP contribution < -0.4 is 10.4 Å². The van der Waals surface area contributed by atoms with Crippen LogP contribution in [0.5, 0.6) is 0 Å². The van der Waals surface area contributed by atoms with E-state index in [9.17, 15) is 19.2 Å². The lowest BCUT2D eigenvalue weighted by atomic mass is 10.1. The van der Waals surface area contributed by atoms with Gasteiger partial charge in [0.05, 0.1) is 13.2 Å². The highest BCUT2D eigenvalue weighted by Crippen LogP contribution is 2.37. The van der Waals surface area contributed by atoms with Gasteiger partial charge in [-0.25, -0.2) is 9.59 Å². The van der Waals surface area contributed by atoms with Crippen LogP contribution in [0.3, 0.4) is 0 Å².